The molecule has 0 saturated heterocycles. The van der Waals surface area contributed by atoms with Crippen LogP contribution in [0.1, 0.15) is 59.2 Å². The summed E-state index contributed by atoms with van der Waals surface area (Å²) >= 11 is 0. The average Bonchev–Trinajstić information content (AvgIpc) is 2.92. The van der Waals surface area contributed by atoms with Crippen molar-refractivity contribution in [2.24, 2.45) is 0 Å². The van der Waals surface area contributed by atoms with Crippen LogP contribution < -0.4 is 0 Å². The van der Waals surface area contributed by atoms with E-state index in [4.69, 9.17) is 0 Å². The minimum Gasteiger partial charge on any atom is -0.206 e. The van der Waals surface area contributed by atoms with Gasteiger partial charge in [-0.3, -0.25) is 0 Å². The van der Waals surface area contributed by atoms with Gasteiger partial charge in [0.1, 0.15) is 5.82 Å². The van der Waals surface area contributed by atoms with Crippen LogP contribution in [0.5, 0.6) is 0 Å². The molecule has 0 aliphatic rings. The zero-order valence-corrected chi connectivity index (χ0v) is 21.8. The van der Waals surface area contributed by atoms with Gasteiger partial charge in [-0.1, -0.05) is 117 Å². The highest BCUT2D eigenvalue weighted by Gasteiger charge is 2.37. The normalized spacial score (nSPS) is 11.8. The van der Waals surface area contributed by atoms with E-state index in [9.17, 15) is 13.2 Å². The first-order chi connectivity index (χ1) is 18.3. The van der Waals surface area contributed by atoms with Gasteiger partial charge in [-0.2, -0.15) is 13.2 Å². The minimum absolute atomic E-state index is 0.0670. The predicted octanol–water partition coefficient (Wildman–Crippen LogP) is 9.98. The number of alkyl halides is 3. The molecule has 0 aliphatic carbocycles. The molecule has 0 N–H and O–H groups in total. The lowest BCUT2D eigenvalue weighted by Gasteiger charge is -2.15. The van der Waals surface area contributed by atoms with Gasteiger partial charge in [0.25, 0.3) is 0 Å². The van der Waals surface area contributed by atoms with E-state index in [0.29, 0.717) is 6.42 Å². The first-order valence-corrected chi connectivity index (χ1v) is 13.1. The van der Waals surface area contributed by atoms with E-state index in [1.54, 1.807) is 6.08 Å². The van der Waals surface area contributed by atoms with Gasteiger partial charge in [-0.05, 0) is 70.2 Å². The number of benzene rings is 4. The maximum atomic E-state index is 15.2. The van der Waals surface area contributed by atoms with E-state index in [2.05, 4.69) is 31.2 Å². The Morgan fingerprint density at radius 2 is 1.16 bits per heavy atom. The summed E-state index contributed by atoms with van der Waals surface area (Å²) in [5.41, 5.74) is 5.03. The summed E-state index contributed by atoms with van der Waals surface area (Å²) in [6.07, 6.45) is 1.80. The molecule has 0 nitrogen and oxygen atoms in total. The fourth-order valence-corrected chi connectivity index (χ4v) is 4.60. The fourth-order valence-electron chi connectivity index (χ4n) is 4.60. The molecule has 0 aliphatic heterocycles. The third-order valence-electron chi connectivity index (χ3n) is 6.84. The Morgan fingerprint density at radius 1 is 0.605 bits per heavy atom. The Hall–Kier alpha value is -3.66. The van der Waals surface area contributed by atoms with Gasteiger partial charge in [-0.25, -0.2) is 4.39 Å². The summed E-state index contributed by atoms with van der Waals surface area (Å²) in [5, 5.41) is 0. The van der Waals surface area contributed by atoms with Crippen LogP contribution in [0, 0.1) is 5.82 Å². The van der Waals surface area contributed by atoms with Gasteiger partial charge in [0, 0.05) is 0 Å². The highest BCUT2D eigenvalue weighted by Crippen LogP contribution is 2.36. The molecule has 4 aromatic rings. The summed E-state index contributed by atoms with van der Waals surface area (Å²) in [6, 6.07) is 26.8. The molecule has 0 heterocycles. The first kappa shape index (κ1) is 27.4. The van der Waals surface area contributed by atoms with Gasteiger partial charge in [0.2, 0.25) is 0 Å². The molecule has 4 aromatic carbocycles. The van der Waals surface area contributed by atoms with Crippen LogP contribution >= 0.6 is 0 Å². The van der Waals surface area contributed by atoms with Crippen LogP contribution in [0.4, 0.5) is 17.6 Å². The van der Waals surface area contributed by atoms with E-state index in [1.165, 1.54) is 23.8 Å². The van der Waals surface area contributed by atoms with Crippen LogP contribution in [0.25, 0.3) is 23.3 Å². The molecule has 4 heteroatoms. The largest absolute Gasteiger partial charge is 0.419 e. The van der Waals surface area contributed by atoms with E-state index in [-0.39, 0.29) is 17.5 Å². The molecule has 0 spiro atoms. The van der Waals surface area contributed by atoms with Gasteiger partial charge < -0.3 is 0 Å². The lowest BCUT2D eigenvalue weighted by Crippen LogP contribution is -2.13. The molecule has 0 aromatic heterocycles. The predicted molar refractivity (Wildman–Crippen MR) is 149 cm³/mol. The number of rotatable bonds is 9. The number of aryl methyl sites for hydroxylation is 4. The van der Waals surface area contributed by atoms with Crippen molar-refractivity contribution in [2.75, 3.05) is 0 Å². The molecule has 0 radical (unpaired) electrons. The number of hydrogen-bond donors (Lipinski definition) is 0. The zero-order valence-electron chi connectivity index (χ0n) is 21.8. The summed E-state index contributed by atoms with van der Waals surface area (Å²) in [6.45, 7) is 4.19. The quantitative estimate of drug-likeness (QED) is 0.153. The third kappa shape index (κ3) is 6.80. The minimum atomic E-state index is -4.79. The number of halogens is 4. The van der Waals surface area contributed by atoms with Crippen molar-refractivity contribution in [3.8, 4) is 11.1 Å². The molecule has 0 saturated carbocycles. The van der Waals surface area contributed by atoms with Crippen LogP contribution in [0.15, 0.2) is 84.9 Å². The molecule has 0 fully saturated rings. The molecule has 196 valence electrons. The molecule has 0 bridgehead atoms. The van der Waals surface area contributed by atoms with Gasteiger partial charge in [-0.15, -0.1) is 0 Å². The summed E-state index contributed by atoms with van der Waals surface area (Å²) in [7, 11) is 0. The van der Waals surface area contributed by atoms with Crippen LogP contribution in [0.3, 0.4) is 0 Å². The van der Waals surface area contributed by atoms with Gasteiger partial charge >= 0.3 is 6.18 Å². The van der Waals surface area contributed by atoms with Crippen molar-refractivity contribution in [2.45, 2.75) is 52.1 Å². The lowest BCUT2D eigenvalue weighted by atomic mass is 9.96. The molecular weight excluding hydrogens is 484 g/mol. The first-order valence-electron chi connectivity index (χ1n) is 13.1. The second-order valence-corrected chi connectivity index (χ2v) is 9.57. The molecule has 0 atom stereocenters. The topological polar surface area (TPSA) is 0 Å². The number of hydrogen-bond acceptors (Lipinski definition) is 0. The van der Waals surface area contributed by atoms with E-state index >= 15 is 4.39 Å². The van der Waals surface area contributed by atoms with Crippen molar-refractivity contribution in [1.82, 2.24) is 0 Å². The maximum absolute atomic E-state index is 15.2. The summed E-state index contributed by atoms with van der Waals surface area (Å²) in [5.74, 6) is -1.19. The molecule has 4 rings (SSSR count). The van der Waals surface area contributed by atoms with Crippen molar-refractivity contribution in [3.63, 3.8) is 0 Å². The van der Waals surface area contributed by atoms with Crippen molar-refractivity contribution in [1.29, 1.82) is 0 Å². The fraction of sp³-hybridized carbons (Fsp3) is 0.235. The average molecular weight is 517 g/mol. The monoisotopic (exact) mass is 516 g/mol. The highest BCUT2D eigenvalue weighted by molar-refractivity contribution is 5.72. The SMILES string of the molecule is CCCc1ccc(-c2ccc(CCc3ccc(/C=C/c4ccc(CC)cc4)c(C(F)(F)F)c3F)cc2)cc1. The van der Waals surface area contributed by atoms with Crippen molar-refractivity contribution >= 4 is 12.2 Å². The second-order valence-electron chi connectivity index (χ2n) is 9.57. The Labute approximate surface area is 222 Å². The van der Waals surface area contributed by atoms with E-state index in [0.717, 1.165) is 47.1 Å². The van der Waals surface area contributed by atoms with E-state index in [1.807, 2.05) is 55.5 Å². The molecular formula is C34H32F4. The van der Waals surface area contributed by atoms with Crippen LogP contribution in [-0.4, -0.2) is 0 Å². The van der Waals surface area contributed by atoms with E-state index < -0.39 is 17.6 Å². The highest BCUT2D eigenvalue weighted by atomic mass is 19.4. The van der Waals surface area contributed by atoms with Crippen LogP contribution in [-0.2, 0) is 31.9 Å². The third-order valence-corrected chi connectivity index (χ3v) is 6.84. The van der Waals surface area contributed by atoms with Gasteiger partial charge in [0.15, 0.2) is 0 Å². The Morgan fingerprint density at radius 3 is 1.68 bits per heavy atom. The Kier molecular flexibility index (Phi) is 8.83. The lowest BCUT2D eigenvalue weighted by molar-refractivity contribution is -0.140. The molecule has 0 amide bonds. The Balaban J connectivity index is 1.49. The maximum Gasteiger partial charge on any atom is 0.419 e. The summed E-state index contributed by atoms with van der Waals surface area (Å²) < 4.78 is 56.8. The Bertz CT molecular complexity index is 1360. The van der Waals surface area contributed by atoms with Crippen LogP contribution in [0.2, 0.25) is 0 Å². The van der Waals surface area contributed by atoms with Crippen molar-refractivity contribution in [3.05, 3.63) is 130 Å². The second kappa shape index (κ2) is 12.3. The summed E-state index contributed by atoms with van der Waals surface area (Å²) in [4.78, 5) is 0. The smallest absolute Gasteiger partial charge is 0.206 e. The standard InChI is InChI=1S/C34H32F4/c1-3-5-25-10-16-28(17-11-25)29-18-12-27(13-19-29)15-21-31-23-22-30(32(33(31)35)34(36,37)38)20-14-26-8-6-24(4-2)7-9-26/h6-14,16-20,22-23H,3-5,15,21H2,1-2H3/b20-14+. The molecule has 38 heavy (non-hydrogen) atoms. The molecule has 0 unspecified atom stereocenters. The van der Waals surface area contributed by atoms with Crippen molar-refractivity contribution < 1.29 is 17.6 Å². The van der Waals surface area contributed by atoms with Gasteiger partial charge in [0.05, 0.1) is 5.56 Å². The zero-order chi connectivity index (χ0) is 27.1.